The zero-order valence-corrected chi connectivity index (χ0v) is 18.2. The largest absolute Gasteiger partial charge is 0.353 e. The first-order valence-corrected chi connectivity index (χ1v) is 12.3. The first-order valence-electron chi connectivity index (χ1n) is 10.8. The van der Waals surface area contributed by atoms with Gasteiger partial charge in [-0.15, -0.1) is 0 Å². The molecule has 1 saturated heterocycles. The van der Waals surface area contributed by atoms with Crippen molar-refractivity contribution in [3.63, 3.8) is 0 Å². The van der Waals surface area contributed by atoms with E-state index in [1.807, 2.05) is 0 Å². The van der Waals surface area contributed by atoms with E-state index < -0.39 is 26.6 Å². The minimum atomic E-state index is -4.06. The quantitative estimate of drug-likeness (QED) is 0.657. The lowest BCUT2D eigenvalue weighted by Gasteiger charge is -2.33. The van der Waals surface area contributed by atoms with Crippen LogP contribution >= 0.6 is 0 Å². The average Bonchev–Trinajstić information content (AvgIpc) is 2.76. The molecule has 1 atom stereocenters. The molecule has 10 heteroatoms. The zero-order chi connectivity index (χ0) is 22.4. The summed E-state index contributed by atoms with van der Waals surface area (Å²) in [5.74, 6) is -2.91. The lowest BCUT2D eigenvalue weighted by Crippen LogP contribution is -2.48. The van der Waals surface area contributed by atoms with Gasteiger partial charge in [0.1, 0.15) is 0 Å². The number of hydrogen-bond donors (Lipinski definition) is 2. The van der Waals surface area contributed by atoms with Crippen molar-refractivity contribution in [2.45, 2.75) is 62.3 Å². The van der Waals surface area contributed by atoms with Crippen LogP contribution in [0.1, 0.15) is 51.4 Å². The summed E-state index contributed by atoms with van der Waals surface area (Å²) in [4.78, 5) is 26.3. The van der Waals surface area contributed by atoms with Gasteiger partial charge in [-0.2, -0.15) is 0 Å². The summed E-state index contributed by atoms with van der Waals surface area (Å²) in [5.41, 5.74) is 0. The highest BCUT2D eigenvalue weighted by Gasteiger charge is 2.30. The highest BCUT2D eigenvalue weighted by atomic mass is 32.2. The van der Waals surface area contributed by atoms with Gasteiger partial charge in [0.15, 0.2) is 11.6 Å². The van der Waals surface area contributed by atoms with Crippen LogP contribution in [0.15, 0.2) is 23.1 Å². The molecule has 2 N–H and O–H groups in total. The predicted octanol–water partition coefficient (Wildman–Crippen LogP) is 2.32. The lowest BCUT2D eigenvalue weighted by molar-refractivity contribution is -0.135. The van der Waals surface area contributed by atoms with Crippen LogP contribution in [0.5, 0.6) is 0 Å². The zero-order valence-electron chi connectivity index (χ0n) is 17.4. The molecular weight excluding hydrogens is 428 g/mol. The van der Waals surface area contributed by atoms with Gasteiger partial charge in [0.2, 0.25) is 21.8 Å². The van der Waals surface area contributed by atoms with Crippen LogP contribution in [0.25, 0.3) is 0 Å². The van der Waals surface area contributed by atoms with Gasteiger partial charge in [0.05, 0.1) is 10.8 Å². The Bertz CT molecular complexity index is 904. The maximum Gasteiger partial charge on any atom is 0.240 e. The van der Waals surface area contributed by atoms with Crippen LogP contribution in [0.4, 0.5) is 8.78 Å². The maximum atomic E-state index is 13.3. The number of nitrogens with one attached hydrogen (secondary N) is 2. The van der Waals surface area contributed by atoms with E-state index in [0.717, 1.165) is 50.7 Å². The van der Waals surface area contributed by atoms with Gasteiger partial charge in [-0.05, 0) is 43.9 Å². The molecule has 0 aromatic heterocycles. The van der Waals surface area contributed by atoms with Crippen molar-refractivity contribution in [3.05, 3.63) is 29.8 Å². The van der Waals surface area contributed by atoms with Crippen LogP contribution in [0, 0.1) is 17.6 Å². The number of hydrogen-bond acceptors (Lipinski definition) is 4. The van der Waals surface area contributed by atoms with Crippen molar-refractivity contribution in [1.29, 1.82) is 0 Å². The third kappa shape index (κ3) is 6.46. The van der Waals surface area contributed by atoms with Crippen LogP contribution in [-0.2, 0) is 19.6 Å². The van der Waals surface area contributed by atoms with E-state index in [1.54, 1.807) is 4.90 Å². The lowest BCUT2D eigenvalue weighted by atomic mass is 9.93. The Kier molecular flexibility index (Phi) is 7.99. The first-order chi connectivity index (χ1) is 14.8. The summed E-state index contributed by atoms with van der Waals surface area (Å²) in [5, 5.41) is 3.11. The number of rotatable bonds is 7. The SMILES string of the molecule is O=C(NC1CCCCC1)C1CCCN(C(=O)CCNS(=O)(=O)c2ccc(F)c(F)c2)C1. The van der Waals surface area contributed by atoms with Gasteiger partial charge in [-0.1, -0.05) is 19.3 Å². The molecule has 1 aliphatic heterocycles. The molecule has 0 spiro atoms. The smallest absolute Gasteiger partial charge is 0.240 e. The molecule has 2 fully saturated rings. The molecule has 3 rings (SSSR count). The molecule has 2 amide bonds. The first kappa shape index (κ1) is 23.6. The van der Waals surface area contributed by atoms with Gasteiger partial charge in [-0.3, -0.25) is 9.59 Å². The van der Waals surface area contributed by atoms with Crippen molar-refractivity contribution in [3.8, 4) is 0 Å². The van der Waals surface area contributed by atoms with Crippen molar-refractivity contribution < 1.29 is 26.8 Å². The summed E-state index contributed by atoms with van der Waals surface area (Å²) in [6, 6.07) is 2.52. The van der Waals surface area contributed by atoms with E-state index in [1.165, 1.54) is 6.42 Å². The number of likely N-dealkylation sites (tertiary alicyclic amines) is 1. The van der Waals surface area contributed by atoms with Crippen LogP contribution in [0.2, 0.25) is 0 Å². The number of carbonyl (C=O) groups excluding carboxylic acids is 2. The summed E-state index contributed by atoms with van der Waals surface area (Å²) < 4.78 is 52.9. The second-order valence-corrected chi connectivity index (χ2v) is 10.0. The Morgan fingerprint density at radius 3 is 2.48 bits per heavy atom. The minimum absolute atomic E-state index is 0.0107. The normalized spacial score (nSPS) is 20.5. The number of amides is 2. The van der Waals surface area contributed by atoms with E-state index in [0.29, 0.717) is 19.2 Å². The number of nitrogens with zero attached hydrogens (tertiary/aromatic N) is 1. The van der Waals surface area contributed by atoms with Gasteiger partial charge in [-0.25, -0.2) is 21.9 Å². The van der Waals surface area contributed by atoms with Gasteiger partial charge < -0.3 is 10.2 Å². The van der Waals surface area contributed by atoms with Gasteiger partial charge in [0.25, 0.3) is 0 Å². The van der Waals surface area contributed by atoms with Crippen molar-refractivity contribution >= 4 is 21.8 Å². The van der Waals surface area contributed by atoms with Crippen molar-refractivity contribution in [2.24, 2.45) is 5.92 Å². The van der Waals surface area contributed by atoms with E-state index in [4.69, 9.17) is 0 Å². The summed E-state index contributed by atoms with van der Waals surface area (Å²) >= 11 is 0. The molecule has 2 aliphatic rings. The fraction of sp³-hybridized carbons (Fsp3) is 0.619. The van der Waals surface area contributed by atoms with E-state index >= 15 is 0 Å². The average molecular weight is 458 g/mol. The van der Waals surface area contributed by atoms with Crippen molar-refractivity contribution in [2.75, 3.05) is 19.6 Å². The van der Waals surface area contributed by atoms with E-state index in [9.17, 15) is 26.8 Å². The molecule has 1 unspecified atom stereocenters. The fourth-order valence-corrected chi connectivity index (χ4v) is 5.20. The van der Waals surface area contributed by atoms with Crippen LogP contribution < -0.4 is 10.0 Å². The molecule has 0 bridgehead atoms. The maximum absolute atomic E-state index is 13.3. The van der Waals surface area contributed by atoms with Crippen LogP contribution in [0.3, 0.4) is 0 Å². The van der Waals surface area contributed by atoms with Crippen molar-refractivity contribution in [1.82, 2.24) is 14.9 Å². The van der Waals surface area contributed by atoms with Crippen LogP contribution in [-0.4, -0.2) is 50.8 Å². The number of halogens is 2. The Labute approximate surface area is 181 Å². The Morgan fingerprint density at radius 1 is 1.03 bits per heavy atom. The Balaban J connectivity index is 1.47. The standard InChI is InChI=1S/C21H29F2N3O4S/c22-18-9-8-17(13-19(18)23)31(29,30)24-11-10-20(27)26-12-4-5-15(14-26)21(28)25-16-6-2-1-3-7-16/h8-9,13,15-16,24H,1-7,10-12,14H2,(H,25,28). The highest BCUT2D eigenvalue weighted by molar-refractivity contribution is 7.89. The number of piperidine rings is 1. The molecule has 1 aliphatic carbocycles. The summed E-state index contributed by atoms with van der Waals surface area (Å²) in [6.45, 7) is 0.685. The Hall–Kier alpha value is -2.07. The minimum Gasteiger partial charge on any atom is -0.353 e. The molecule has 172 valence electrons. The molecule has 31 heavy (non-hydrogen) atoms. The third-order valence-corrected chi connectivity index (χ3v) is 7.39. The highest BCUT2D eigenvalue weighted by Crippen LogP contribution is 2.21. The second kappa shape index (κ2) is 10.5. The summed E-state index contributed by atoms with van der Waals surface area (Å²) in [7, 11) is -4.06. The van der Waals surface area contributed by atoms with E-state index in [2.05, 4.69) is 10.0 Å². The summed E-state index contributed by atoms with van der Waals surface area (Å²) in [6.07, 6.45) is 6.82. The molecule has 7 nitrogen and oxygen atoms in total. The second-order valence-electron chi connectivity index (χ2n) is 8.25. The fourth-order valence-electron chi connectivity index (χ4n) is 4.16. The molecule has 0 radical (unpaired) electrons. The molecule has 1 heterocycles. The molecular formula is C21H29F2N3O4S. The number of sulfonamides is 1. The van der Waals surface area contributed by atoms with E-state index in [-0.39, 0.29) is 36.7 Å². The Morgan fingerprint density at radius 2 is 1.77 bits per heavy atom. The number of benzene rings is 1. The third-order valence-electron chi connectivity index (χ3n) is 5.93. The monoisotopic (exact) mass is 457 g/mol. The molecule has 1 saturated carbocycles. The molecule has 1 aromatic carbocycles. The number of carbonyl (C=O) groups is 2. The predicted molar refractivity (Wildman–Crippen MR) is 110 cm³/mol. The van der Waals surface area contributed by atoms with Gasteiger partial charge in [0, 0.05) is 32.1 Å². The molecule has 1 aromatic rings. The topological polar surface area (TPSA) is 95.6 Å². The van der Waals surface area contributed by atoms with Gasteiger partial charge >= 0.3 is 0 Å².